The second kappa shape index (κ2) is 10.7. The van der Waals surface area contributed by atoms with Crippen molar-refractivity contribution in [3.8, 4) is 0 Å². The highest BCUT2D eigenvalue weighted by atomic mass is 127. The van der Waals surface area contributed by atoms with Gasteiger partial charge in [-0.1, -0.05) is 13.8 Å². The molecule has 1 saturated heterocycles. The first-order valence-electron chi connectivity index (χ1n) is 9.32. The molecule has 0 spiro atoms. The van der Waals surface area contributed by atoms with E-state index in [-0.39, 0.29) is 35.9 Å². The Kier molecular flexibility index (Phi) is 9.38. The molecule has 148 valence electrons. The Morgan fingerprint density at radius 2 is 2.00 bits per heavy atom. The minimum atomic E-state index is 0. The maximum absolute atomic E-state index is 11.6. The van der Waals surface area contributed by atoms with Crippen LogP contribution in [0, 0.1) is 0 Å². The first-order valence-corrected chi connectivity index (χ1v) is 9.32. The molecule has 2 rings (SSSR count). The van der Waals surface area contributed by atoms with Crippen LogP contribution in [0.1, 0.15) is 50.6 Å². The smallest absolute Gasteiger partial charge is 0.222 e. The Balaban J connectivity index is 0.00000338. The van der Waals surface area contributed by atoms with Gasteiger partial charge in [0.2, 0.25) is 5.91 Å². The van der Waals surface area contributed by atoms with Gasteiger partial charge >= 0.3 is 0 Å². The summed E-state index contributed by atoms with van der Waals surface area (Å²) in [5, 5.41) is 11.4. The zero-order valence-electron chi connectivity index (χ0n) is 16.6. The largest absolute Gasteiger partial charge is 0.357 e. The lowest BCUT2D eigenvalue weighted by Gasteiger charge is -2.31. The quantitative estimate of drug-likeness (QED) is 0.374. The molecule has 0 aromatic carbocycles. The van der Waals surface area contributed by atoms with Gasteiger partial charge in [-0.3, -0.25) is 9.48 Å². The van der Waals surface area contributed by atoms with Crippen molar-refractivity contribution >= 4 is 35.8 Å². The fraction of sp³-hybridized carbons (Fsp3) is 0.722. The number of halogens is 1. The van der Waals surface area contributed by atoms with E-state index in [9.17, 15) is 4.79 Å². The molecule has 1 unspecified atom stereocenters. The van der Waals surface area contributed by atoms with Gasteiger partial charge in [-0.2, -0.15) is 5.10 Å². The molecule has 7 nitrogen and oxygen atoms in total. The molecule has 0 radical (unpaired) electrons. The van der Waals surface area contributed by atoms with Gasteiger partial charge in [-0.25, -0.2) is 4.99 Å². The number of carbonyl (C=O) groups excluding carboxylic acids is 1. The van der Waals surface area contributed by atoms with Crippen molar-refractivity contribution in [1.82, 2.24) is 25.3 Å². The van der Waals surface area contributed by atoms with E-state index in [4.69, 9.17) is 4.99 Å². The highest BCUT2D eigenvalue weighted by Crippen LogP contribution is 2.16. The van der Waals surface area contributed by atoms with E-state index < -0.39 is 0 Å². The van der Waals surface area contributed by atoms with Crippen molar-refractivity contribution in [3.63, 3.8) is 0 Å². The average molecular weight is 476 g/mol. The van der Waals surface area contributed by atoms with E-state index >= 15 is 0 Å². The van der Waals surface area contributed by atoms with Crippen molar-refractivity contribution < 1.29 is 4.79 Å². The van der Waals surface area contributed by atoms with Gasteiger partial charge in [0.15, 0.2) is 5.96 Å². The molecule has 1 amide bonds. The third-order valence-corrected chi connectivity index (χ3v) is 4.73. The minimum Gasteiger partial charge on any atom is -0.357 e. The molecule has 0 aliphatic carbocycles. The van der Waals surface area contributed by atoms with E-state index in [1.54, 1.807) is 4.90 Å². The number of likely N-dealkylation sites (tertiary alicyclic amines) is 1. The summed E-state index contributed by atoms with van der Waals surface area (Å²) in [4.78, 5) is 18.2. The molecule has 1 aromatic heterocycles. The Morgan fingerprint density at radius 3 is 2.58 bits per heavy atom. The van der Waals surface area contributed by atoms with E-state index in [1.807, 2.05) is 18.8 Å². The van der Waals surface area contributed by atoms with Gasteiger partial charge in [0.05, 0.1) is 12.2 Å². The summed E-state index contributed by atoms with van der Waals surface area (Å²) in [6.45, 7) is 8.50. The van der Waals surface area contributed by atoms with Crippen molar-refractivity contribution in [1.29, 1.82) is 0 Å². The standard InChI is InChI=1S/C18H32N6O.HI/c1-6-15-14(16(7-2)24(5)22-15)11-20-18(19-8-3)21-13-9-10-17(25)23(4)12-13;/h13H,6-12H2,1-5H3,(H2,19,20,21);1H. The summed E-state index contributed by atoms with van der Waals surface area (Å²) >= 11 is 0. The molecular weight excluding hydrogens is 443 g/mol. The van der Waals surface area contributed by atoms with E-state index in [1.165, 1.54) is 11.3 Å². The molecule has 1 aliphatic rings. The average Bonchev–Trinajstić information content (AvgIpc) is 2.91. The summed E-state index contributed by atoms with van der Waals surface area (Å²) in [5.74, 6) is 1.03. The highest BCUT2D eigenvalue weighted by molar-refractivity contribution is 14.0. The second-order valence-corrected chi connectivity index (χ2v) is 6.55. The number of aryl methyl sites for hydroxylation is 2. The first kappa shape index (κ1) is 22.7. The summed E-state index contributed by atoms with van der Waals surface area (Å²) < 4.78 is 1.98. The fourth-order valence-corrected chi connectivity index (χ4v) is 3.37. The van der Waals surface area contributed by atoms with E-state index in [0.29, 0.717) is 13.0 Å². The molecule has 26 heavy (non-hydrogen) atoms. The Morgan fingerprint density at radius 1 is 1.27 bits per heavy atom. The summed E-state index contributed by atoms with van der Waals surface area (Å²) in [5.41, 5.74) is 3.61. The van der Waals surface area contributed by atoms with Crippen LogP contribution in [0.15, 0.2) is 4.99 Å². The third-order valence-electron chi connectivity index (χ3n) is 4.73. The SMILES string of the molecule is CCNC(=NCc1c(CC)nn(C)c1CC)NC1CCC(=O)N(C)C1.I. The van der Waals surface area contributed by atoms with Gasteiger partial charge in [-0.05, 0) is 26.2 Å². The number of amides is 1. The van der Waals surface area contributed by atoms with Gasteiger partial charge in [-0.15, -0.1) is 24.0 Å². The number of aromatic nitrogens is 2. The number of carbonyl (C=O) groups is 1. The van der Waals surface area contributed by atoms with Crippen LogP contribution in [0.2, 0.25) is 0 Å². The van der Waals surface area contributed by atoms with Crippen LogP contribution in [-0.4, -0.2) is 52.7 Å². The number of nitrogens with zero attached hydrogens (tertiary/aromatic N) is 4. The van der Waals surface area contributed by atoms with Crippen molar-refractivity contribution in [2.45, 2.75) is 59.0 Å². The van der Waals surface area contributed by atoms with Gasteiger partial charge in [0.1, 0.15) is 0 Å². The monoisotopic (exact) mass is 476 g/mol. The number of rotatable bonds is 6. The van der Waals surface area contributed by atoms with E-state index in [2.05, 4.69) is 36.5 Å². The number of nitrogens with one attached hydrogen (secondary N) is 2. The second-order valence-electron chi connectivity index (χ2n) is 6.55. The lowest BCUT2D eigenvalue weighted by Crippen LogP contribution is -2.51. The van der Waals surface area contributed by atoms with Gasteiger partial charge in [0, 0.05) is 50.9 Å². The normalized spacial score (nSPS) is 17.9. The number of likely N-dealkylation sites (N-methyl/N-ethyl adjacent to an activating group) is 1. The number of piperidine rings is 1. The molecule has 1 aliphatic heterocycles. The molecule has 8 heteroatoms. The van der Waals surface area contributed by atoms with Crippen LogP contribution in [0.4, 0.5) is 0 Å². The highest BCUT2D eigenvalue weighted by Gasteiger charge is 2.23. The van der Waals surface area contributed by atoms with E-state index in [0.717, 1.165) is 44.0 Å². The molecule has 0 bridgehead atoms. The Bertz CT molecular complexity index is 627. The van der Waals surface area contributed by atoms with Gasteiger partial charge < -0.3 is 15.5 Å². The minimum absolute atomic E-state index is 0. The molecule has 0 saturated carbocycles. The van der Waals surface area contributed by atoms with Gasteiger partial charge in [0.25, 0.3) is 0 Å². The van der Waals surface area contributed by atoms with Crippen LogP contribution in [0.3, 0.4) is 0 Å². The summed E-state index contributed by atoms with van der Waals surface area (Å²) in [6.07, 6.45) is 3.31. The number of aliphatic imine (C=N–C) groups is 1. The lowest BCUT2D eigenvalue weighted by molar-refractivity contribution is -0.132. The molecule has 2 heterocycles. The van der Waals surface area contributed by atoms with Crippen LogP contribution in [0.5, 0.6) is 0 Å². The fourth-order valence-electron chi connectivity index (χ4n) is 3.37. The van der Waals surface area contributed by atoms with Crippen LogP contribution >= 0.6 is 24.0 Å². The predicted molar refractivity (Wildman–Crippen MR) is 116 cm³/mol. The number of hydrogen-bond donors (Lipinski definition) is 2. The molecular formula is C18H33IN6O. The predicted octanol–water partition coefficient (Wildman–Crippen LogP) is 1.84. The molecule has 1 aromatic rings. The third kappa shape index (κ3) is 5.59. The topological polar surface area (TPSA) is 74.5 Å². The maximum atomic E-state index is 11.6. The van der Waals surface area contributed by atoms with Crippen molar-refractivity contribution in [2.75, 3.05) is 20.1 Å². The van der Waals surface area contributed by atoms with Crippen molar-refractivity contribution in [2.24, 2.45) is 12.0 Å². The molecule has 1 atom stereocenters. The number of guanidine groups is 1. The Labute approximate surface area is 174 Å². The van der Waals surface area contributed by atoms with Crippen LogP contribution < -0.4 is 10.6 Å². The zero-order chi connectivity index (χ0) is 18.4. The Hall–Kier alpha value is -1.32. The maximum Gasteiger partial charge on any atom is 0.222 e. The zero-order valence-corrected chi connectivity index (χ0v) is 19.0. The van der Waals surface area contributed by atoms with Crippen molar-refractivity contribution in [3.05, 3.63) is 17.0 Å². The molecule has 1 fully saturated rings. The number of hydrogen-bond acceptors (Lipinski definition) is 3. The molecule has 2 N–H and O–H groups in total. The van der Waals surface area contributed by atoms with Crippen LogP contribution in [-0.2, 0) is 31.2 Å². The summed E-state index contributed by atoms with van der Waals surface area (Å²) in [6, 6.07) is 0.241. The lowest BCUT2D eigenvalue weighted by atomic mass is 10.1. The first-order chi connectivity index (χ1) is 12.0. The summed E-state index contributed by atoms with van der Waals surface area (Å²) in [7, 11) is 3.86. The van der Waals surface area contributed by atoms with Crippen LogP contribution in [0.25, 0.3) is 0 Å².